The number of amides is 1. The maximum atomic E-state index is 13.0. The Kier molecular flexibility index (Phi) is 5.47. The Bertz CT molecular complexity index is 1000. The zero-order chi connectivity index (χ0) is 20.4. The van der Waals surface area contributed by atoms with Crippen LogP contribution in [0.5, 0.6) is 11.5 Å². The molecule has 2 aromatic rings. The van der Waals surface area contributed by atoms with Gasteiger partial charge in [-0.2, -0.15) is 4.31 Å². The van der Waals surface area contributed by atoms with Crippen molar-refractivity contribution < 1.29 is 22.7 Å². The van der Waals surface area contributed by atoms with Crippen LogP contribution in [-0.4, -0.2) is 38.0 Å². The molecule has 2 aromatic carbocycles. The fourth-order valence-electron chi connectivity index (χ4n) is 3.79. The number of benzene rings is 2. The van der Waals surface area contributed by atoms with E-state index in [1.807, 2.05) is 6.92 Å². The fraction of sp³-hybridized carbons (Fsp3) is 0.381. The van der Waals surface area contributed by atoms with Crippen molar-refractivity contribution in [3.05, 3.63) is 48.0 Å². The smallest absolute Gasteiger partial charge is 0.255 e. The first-order valence-corrected chi connectivity index (χ1v) is 11.3. The highest BCUT2D eigenvalue weighted by Crippen LogP contribution is 2.33. The molecular formula is C21H24N2O5S. The predicted molar refractivity (Wildman–Crippen MR) is 109 cm³/mol. The van der Waals surface area contributed by atoms with Crippen molar-refractivity contribution in [2.45, 2.75) is 43.5 Å². The van der Waals surface area contributed by atoms with Gasteiger partial charge < -0.3 is 14.8 Å². The van der Waals surface area contributed by atoms with Gasteiger partial charge in [0.1, 0.15) is 0 Å². The molecule has 154 valence electrons. The van der Waals surface area contributed by atoms with Crippen LogP contribution >= 0.6 is 0 Å². The average Bonchev–Trinajstić information content (AvgIpc) is 3.22. The summed E-state index contributed by atoms with van der Waals surface area (Å²) in [6, 6.07) is 11.3. The Morgan fingerprint density at radius 3 is 2.62 bits per heavy atom. The van der Waals surface area contributed by atoms with Crippen LogP contribution in [0.25, 0.3) is 0 Å². The van der Waals surface area contributed by atoms with E-state index in [-0.39, 0.29) is 23.6 Å². The summed E-state index contributed by atoms with van der Waals surface area (Å²) in [6.07, 6.45) is 3.66. The molecule has 1 amide bonds. The van der Waals surface area contributed by atoms with E-state index in [9.17, 15) is 13.2 Å². The quantitative estimate of drug-likeness (QED) is 0.805. The lowest BCUT2D eigenvalue weighted by Crippen LogP contribution is -2.43. The number of nitrogens with zero attached hydrogens (tertiary/aromatic N) is 1. The number of carbonyl (C=O) groups excluding carboxylic acids is 1. The van der Waals surface area contributed by atoms with E-state index in [2.05, 4.69) is 5.32 Å². The van der Waals surface area contributed by atoms with Crippen LogP contribution in [0.15, 0.2) is 47.4 Å². The van der Waals surface area contributed by atoms with E-state index >= 15 is 0 Å². The highest BCUT2D eigenvalue weighted by Gasteiger charge is 2.32. The molecule has 0 radical (unpaired) electrons. The molecule has 0 aliphatic carbocycles. The Labute approximate surface area is 170 Å². The zero-order valence-electron chi connectivity index (χ0n) is 16.3. The number of anilines is 1. The highest BCUT2D eigenvalue weighted by molar-refractivity contribution is 7.89. The predicted octanol–water partition coefficient (Wildman–Crippen LogP) is 3.62. The van der Waals surface area contributed by atoms with Gasteiger partial charge in [0.25, 0.3) is 5.91 Å². The lowest BCUT2D eigenvalue weighted by molar-refractivity contribution is 0.102. The molecule has 8 heteroatoms. The van der Waals surface area contributed by atoms with Crippen LogP contribution in [0.3, 0.4) is 0 Å². The van der Waals surface area contributed by atoms with E-state index in [4.69, 9.17) is 9.47 Å². The number of sulfonamides is 1. The first kappa shape index (κ1) is 19.7. The Morgan fingerprint density at radius 1 is 1.10 bits per heavy atom. The summed E-state index contributed by atoms with van der Waals surface area (Å²) >= 11 is 0. The summed E-state index contributed by atoms with van der Waals surface area (Å²) in [5, 5.41) is 2.78. The maximum Gasteiger partial charge on any atom is 0.255 e. The fourth-order valence-corrected chi connectivity index (χ4v) is 5.55. The van der Waals surface area contributed by atoms with Crippen molar-refractivity contribution in [3.63, 3.8) is 0 Å². The number of piperidine rings is 1. The Hall–Kier alpha value is -2.58. The topological polar surface area (TPSA) is 84.9 Å². The monoisotopic (exact) mass is 416 g/mol. The van der Waals surface area contributed by atoms with Crippen LogP contribution < -0.4 is 14.8 Å². The minimum Gasteiger partial charge on any atom is -0.454 e. The van der Waals surface area contributed by atoms with Crippen molar-refractivity contribution in [2.24, 2.45) is 0 Å². The standard InChI is InChI=1S/C21H24N2O5S/c1-2-17-5-3-4-12-23(17)29(25,26)18-9-7-16(8-10-18)22-21(24)15-6-11-19-20(13-15)28-14-27-19/h6-11,13,17H,2-5,12,14H2,1H3,(H,22,24). The Balaban J connectivity index is 1.48. The van der Waals surface area contributed by atoms with E-state index in [0.29, 0.717) is 29.3 Å². The summed E-state index contributed by atoms with van der Waals surface area (Å²) < 4.78 is 38.2. The lowest BCUT2D eigenvalue weighted by Gasteiger charge is -2.34. The van der Waals surface area contributed by atoms with Crippen molar-refractivity contribution in [3.8, 4) is 11.5 Å². The SMILES string of the molecule is CCC1CCCCN1S(=O)(=O)c1ccc(NC(=O)c2ccc3c(c2)OCO3)cc1. The van der Waals surface area contributed by atoms with Gasteiger partial charge in [-0.25, -0.2) is 8.42 Å². The number of hydrogen-bond donors (Lipinski definition) is 1. The van der Waals surface area contributed by atoms with Gasteiger partial charge in [-0.15, -0.1) is 0 Å². The van der Waals surface area contributed by atoms with Gasteiger partial charge in [0.15, 0.2) is 11.5 Å². The van der Waals surface area contributed by atoms with E-state index in [0.717, 1.165) is 25.7 Å². The van der Waals surface area contributed by atoms with Gasteiger partial charge in [-0.05, 0) is 61.7 Å². The molecule has 7 nitrogen and oxygen atoms in total. The molecule has 1 N–H and O–H groups in total. The second-order valence-corrected chi connectivity index (χ2v) is 9.11. The van der Waals surface area contributed by atoms with Gasteiger partial charge in [-0.1, -0.05) is 13.3 Å². The number of carbonyl (C=O) groups is 1. The number of nitrogens with one attached hydrogen (secondary N) is 1. The molecule has 2 heterocycles. The molecular weight excluding hydrogens is 392 g/mol. The normalized spacial score (nSPS) is 19.1. The van der Waals surface area contributed by atoms with Gasteiger partial charge in [0, 0.05) is 23.8 Å². The average molecular weight is 416 g/mol. The molecule has 0 saturated carbocycles. The highest BCUT2D eigenvalue weighted by atomic mass is 32.2. The van der Waals surface area contributed by atoms with Crippen molar-refractivity contribution >= 4 is 21.6 Å². The van der Waals surface area contributed by atoms with Crippen LogP contribution in [0.4, 0.5) is 5.69 Å². The third-order valence-electron chi connectivity index (χ3n) is 5.40. The van der Waals surface area contributed by atoms with Crippen molar-refractivity contribution in [2.75, 3.05) is 18.7 Å². The second-order valence-electron chi connectivity index (χ2n) is 7.22. The van der Waals surface area contributed by atoms with Crippen LogP contribution in [0.2, 0.25) is 0 Å². The number of rotatable bonds is 5. The maximum absolute atomic E-state index is 13.0. The molecule has 1 unspecified atom stereocenters. The molecule has 1 fully saturated rings. The van der Waals surface area contributed by atoms with Gasteiger partial charge in [0.2, 0.25) is 16.8 Å². The molecule has 2 aliphatic heterocycles. The van der Waals surface area contributed by atoms with Gasteiger partial charge in [-0.3, -0.25) is 4.79 Å². The first-order chi connectivity index (χ1) is 14.0. The molecule has 1 saturated heterocycles. The number of hydrogen-bond acceptors (Lipinski definition) is 5. The molecule has 2 aliphatic rings. The van der Waals surface area contributed by atoms with E-state index in [1.165, 1.54) is 0 Å². The molecule has 29 heavy (non-hydrogen) atoms. The van der Waals surface area contributed by atoms with Crippen LogP contribution in [0, 0.1) is 0 Å². The molecule has 0 spiro atoms. The zero-order valence-corrected chi connectivity index (χ0v) is 17.1. The summed E-state index contributed by atoms with van der Waals surface area (Å²) in [5.41, 5.74) is 0.961. The molecule has 1 atom stereocenters. The Morgan fingerprint density at radius 2 is 1.86 bits per heavy atom. The first-order valence-electron chi connectivity index (χ1n) is 9.82. The van der Waals surface area contributed by atoms with Gasteiger partial charge >= 0.3 is 0 Å². The summed E-state index contributed by atoms with van der Waals surface area (Å²) in [7, 11) is -3.54. The summed E-state index contributed by atoms with van der Waals surface area (Å²) in [5.74, 6) is 0.839. The second kappa shape index (κ2) is 8.04. The minimum absolute atomic E-state index is 0.0548. The summed E-state index contributed by atoms with van der Waals surface area (Å²) in [4.78, 5) is 12.7. The van der Waals surface area contributed by atoms with E-state index < -0.39 is 10.0 Å². The molecule has 4 rings (SSSR count). The molecule has 0 bridgehead atoms. The third-order valence-corrected chi connectivity index (χ3v) is 7.36. The number of fused-ring (bicyclic) bond motifs is 1. The van der Waals surface area contributed by atoms with E-state index in [1.54, 1.807) is 46.8 Å². The van der Waals surface area contributed by atoms with Crippen molar-refractivity contribution in [1.82, 2.24) is 4.31 Å². The minimum atomic E-state index is -3.54. The molecule has 0 aromatic heterocycles. The third kappa shape index (κ3) is 3.95. The summed E-state index contributed by atoms with van der Waals surface area (Å²) in [6.45, 7) is 2.73. The lowest BCUT2D eigenvalue weighted by atomic mass is 10.0. The van der Waals surface area contributed by atoms with Crippen LogP contribution in [-0.2, 0) is 10.0 Å². The number of ether oxygens (including phenoxy) is 2. The van der Waals surface area contributed by atoms with Crippen LogP contribution in [0.1, 0.15) is 43.0 Å². The van der Waals surface area contributed by atoms with Gasteiger partial charge in [0.05, 0.1) is 4.90 Å². The van der Waals surface area contributed by atoms with Crippen molar-refractivity contribution in [1.29, 1.82) is 0 Å². The largest absolute Gasteiger partial charge is 0.454 e.